The van der Waals surface area contributed by atoms with E-state index >= 15 is 0 Å². The predicted molar refractivity (Wildman–Crippen MR) is 606 cm³/mol. The fourth-order valence-electron chi connectivity index (χ4n) is 9.27. The summed E-state index contributed by atoms with van der Waals surface area (Å²) in [5.74, 6) is 18.8. The van der Waals surface area contributed by atoms with E-state index in [0.29, 0.717) is 18.6 Å². The normalized spacial score (nSPS) is 13.7. The molecule has 0 aliphatic heterocycles. The summed E-state index contributed by atoms with van der Waals surface area (Å²) < 4.78 is 114. The van der Waals surface area contributed by atoms with Crippen LogP contribution in [0.4, 0.5) is 0 Å². The summed E-state index contributed by atoms with van der Waals surface area (Å²) in [5, 5.41) is 49.1. The van der Waals surface area contributed by atoms with Gasteiger partial charge in [0.1, 0.15) is 0 Å². The van der Waals surface area contributed by atoms with Crippen molar-refractivity contribution >= 4 is 87.0 Å². The van der Waals surface area contributed by atoms with E-state index in [0.717, 1.165) is 125 Å². The van der Waals surface area contributed by atoms with Crippen LogP contribution in [-0.4, -0.2) is 130 Å². The van der Waals surface area contributed by atoms with Gasteiger partial charge in [-0.05, 0) is 145 Å². The Morgan fingerprint density at radius 3 is 0.353 bits per heavy atom. The number of rotatable bonds is 15. The summed E-state index contributed by atoms with van der Waals surface area (Å²) in [7, 11) is -18.9. The Labute approximate surface area is 871 Å². The molecule has 0 aromatic heterocycles. The lowest BCUT2D eigenvalue weighted by Gasteiger charge is -2.28. The summed E-state index contributed by atoms with van der Waals surface area (Å²) in [6.07, 6.45) is 45.2. The van der Waals surface area contributed by atoms with Crippen LogP contribution in [0.25, 0.3) is 0 Å². The van der Waals surface area contributed by atoms with Crippen molar-refractivity contribution < 1.29 is 116 Å². The summed E-state index contributed by atoms with van der Waals surface area (Å²) in [6.45, 7) is 101. The van der Waals surface area contributed by atoms with Crippen LogP contribution < -0.4 is 0 Å². The third-order valence-corrected chi connectivity index (χ3v) is 21.2. The van der Waals surface area contributed by atoms with E-state index in [2.05, 4.69) is 242 Å². The van der Waals surface area contributed by atoms with Crippen LogP contribution in [0.1, 0.15) is 505 Å². The first kappa shape index (κ1) is 188. The highest BCUT2D eigenvalue weighted by molar-refractivity contribution is 7.86. The highest BCUT2D eigenvalue weighted by atomic mass is 32.2. The number of hydrogen-bond donors (Lipinski definition) is 10. The molecule has 854 valence electrons. The van der Waals surface area contributed by atoms with Crippen molar-refractivity contribution in [1.29, 1.82) is 0 Å². The summed E-state index contributed by atoms with van der Waals surface area (Å²) in [6, 6.07) is 0. The first-order valence-electron chi connectivity index (χ1n) is 54.2. The zero-order valence-electron chi connectivity index (χ0n) is 100. The topological polar surface area (TPSA) is 458 Å². The van der Waals surface area contributed by atoms with Gasteiger partial charge in [0, 0.05) is 0 Å². The molecule has 0 spiro atoms. The van der Waals surface area contributed by atoms with Crippen molar-refractivity contribution in [3.05, 3.63) is 0 Å². The predicted octanol–water partition coefficient (Wildman–Crippen LogP) is 32.2. The third-order valence-electron chi connectivity index (χ3n) is 19.7. The Hall–Kier alpha value is -2.06. The zero-order valence-corrected chi connectivity index (χ0v) is 105. The number of carbonyl (C=O) groups excluding carboxylic acids is 4. The van der Waals surface area contributed by atoms with Crippen molar-refractivity contribution in [1.82, 2.24) is 0 Å². The fourth-order valence-corrected chi connectivity index (χ4v) is 9.27. The van der Waals surface area contributed by atoms with Crippen LogP contribution in [0.3, 0.4) is 0 Å². The van der Waals surface area contributed by atoms with E-state index in [9.17, 15) is 16.8 Å². The molecule has 0 radical (unpaired) electrons. The van der Waals surface area contributed by atoms with Gasteiger partial charge in [-0.15, -0.1) is 12.6 Å². The average Bonchev–Trinajstić information content (AvgIpc) is 0.954. The maximum absolute atomic E-state index is 9.56. The van der Waals surface area contributed by atoms with Crippen LogP contribution in [0.2, 0.25) is 38.9 Å². The van der Waals surface area contributed by atoms with E-state index in [-0.39, 0.29) is 37.6 Å². The lowest BCUT2D eigenvalue weighted by atomic mass is 9.69. The Morgan fingerprint density at radius 2 is 0.353 bits per heavy atom. The molecule has 8 aliphatic rings. The van der Waals surface area contributed by atoms with Crippen molar-refractivity contribution in [2.45, 2.75) is 544 Å². The third kappa shape index (κ3) is 276. The molecule has 0 amide bonds. The van der Waals surface area contributed by atoms with Crippen LogP contribution in [0.5, 0.6) is 0 Å². The minimum absolute atomic E-state index is 0.116. The molecule has 34 heteroatoms. The van der Waals surface area contributed by atoms with E-state index < -0.39 is 60.9 Å². The van der Waals surface area contributed by atoms with Crippen molar-refractivity contribution in [3.8, 4) is 0 Å². The summed E-state index contributed by atoms with van der Waals surface area (Å²) in [4.78, 5) is 46.5. The lowest BCUT2D eigenvalue weighted by Crippen LogP contribution is -2.16. The molecule has 8 saturated carbocycles. The highest BCUT2D eigenvalue weighted by Gasteiger charge is 2.25. The second kappa shape index (κ2) is 151. The molecule has 10 N–H and O–H groups in total. The fraction of sp³-hybridized carbons (Fsp3) is 0.981. The lowest BCUT2D eigenvalue weighted by molar-refractivity contribution is -0.193. The highest BCUT2D eigenvalue weighted by Crippen LogP contribution is 2.37. The van der Waals surface area contributed by atoms with E-state index in [4.69, 9.17) is 99.1 Å². The van der Waals surface area contributed by atoms with Crippen LogP contribution in [-0.2, 0) is 68.3 Å². The SMILES string of the molecule is CC.CC.CC(C)C.CC(C)C.CC(C)C.CC(C)C1CCC1.CC(C)C1CCC1.CC(C)C1CCC1.CC(C)C1CCC1.CC(C)C1CCC1.CC(C)C1CCC1.CC(C)C1CCC1.CC(C)C1CCC1.CC(C)CB(O)O.CCB(C)O.CCB(C)O.CCB(O)O.CCC.CCC.CCC.CCC.CCC.CCS(=O)(=O)O.CCS(=O)(=O)O.O=C=O.O=C=O.O=P(=O)O.O=P(=O)O.O=S(=O)=O. The van der Waals surface area contributed by atoms with E-state index in [1.54, 1.807) is 20.6 Å². The molecule has 0 unspecified atom stereocenters. The van der Waals surface area contributed by atoms with Crippen molar-refractivity contribution in [2.75, 3.05) is 11.5 Å². The maximum Gasteiger partial charge on any atom is 0.465 e. The molecule has 0 aromatic carbocycles. The molecule has 0 bridgehead atoms. The quantitative estimate of drug-likeness (QED) is 0.0413. The molecule has 0 saturated heterocycles. The van der Waals surface area contributed by atoms with Gasteiger partial charge in [0.2, 0.25) is 0 Å². The van der Waals surface area contributed by atoms with Crippen molar-refractivity contribution in [3.63, 3.8) is 0 Å². The molecule has 8 fully saturated rings. The van der Waals surface area contributed by atoms with Gasteiger partial charge in [0.25, 0.3) is 34.1 Å². The van der Waals surface area contributed by atoms with Crippen molar-refractivity contribution in [2.24, 2.45) is 118 Å². The van der Waals surface area contributed by atoms with Gasteiger partial charge in [0.15, 0.2) is 0 Å². The first-order chi connectivity index (χ1) is 63.8. The Kier molecular flexibility index (Phi) is 205. The van der Waals surface area contributed by atoms with Gasteiger partial charge < -0.3 is 30.1 Å². The molecule has 0 aromatic rings. The van der Waals surface area contributed by atoms with Crippen LogP contribution >= 0.6 is 15.8 Å². The second-order valence-corrected chi connectivity index (χ2v) is 45.2. The van der Waals surface area contributed by atoms with Crippen LogP contribution in [0, 0.1) is 118 Å². The van der Waals surface area contributed by atoms with Gasteiger partial charge in [-0.25, -0.2) is 18.3 Å². The van der Waals surface area contributed by atoms with Gasteiger partial charge in [-0.1, -0.05) is 517 Å². The molecule has 8 rings (SSSR count). The zero-order chi connectivity index (χ0) is 116. The van der Waals surface area contributed by atoms with Gasteiger partial charge in [-0.3, -0.25) is 18.9 Å². The molecule has 139 heavy (non-hydrogen) atoms. The largest absolute Gasteiger partial charge is 0.465 e. The standard InChI is InChI=1S/8C7H14.C4H11BO2.3C4H10.2C3H9BO.5C3H8.C2H7BO2.2C2H6O3S.2C2H6.2CO2.2HO3P.O3S/c8*1-6(2)7-4-3-5-7;1-4(2)3-5(6)7;3*1-4(2)3;2*1-3-4(2)5;5*1-3-2;1-2-3(4)5;2*1-2-6(3,4)5;2*1-2;2*2-1-3;3*1-4(2)3/h8*6-7H,3-5H2,1-2H3;4,6-7H,3H2,1-2H3;3*4H,1-3H3;2*5H,3H2,1-2H3;5*3H2,1-2H3;4-5H,2H2,1H3;2*2H2,1H3,(H,3,4,5);2*1-2H3;;;2*(H,1,2,3);. The molecule has 25 nitrogen and oxygen atoms in total. The molecule has 0 atom stereocenters. The average molecular weight is 2110 g/mol. The second-order valence-electron chi connectivity index (χ2n) is 40.3. The first-order valence-corrected chi connectivity index (χ1v) is 60.7. The maximum atomic E-state index is 9.56. The van der Waals surface area contributed by atoms with E-state index in [1.165, 1.54) is 200 Å². The van der Waals surface area contributed by atoms with Crippen LogP contribution in [0.15, 0.2) is 0 Å². The number of hydrogen-bond acceptors (Lipinski definition) is 21. The molecule has 0 heterocycles. The van der Waals surface area contributed by atoms with E-state index in [1.807, 2.05) is 55.4 Å². The summed E-state index contributed by atoms with van der Waals surface area (Å²) in [5.41, 5.74) is 0. The Morgan fingerprint density at radius 1 is 0.281 bits per heavy atom. The molecule has 8 aliphatic carbocycles. The molecular weight excluding hydrogens is 1860 g/mol. The molecular formula is C105H244B4O25P2S3. The van der Waals surface area contributed by atoms with Gasteiger partial charge in [0.05, 0.1) is 11.5 Å². The smallest absolute Gasteiger partial charge is 0.451 e. The summed E-state index contributed by atoms with van der Waals surface area (Å²) >= 11 is 0. The van der Waals surface area contributed by atoms with Gasteiger partial charge >= 0.3 is 53.0 Å². The Bertz CT molecular complexity index is 2360. The Balaban J connectivity index is -0.0000000550. The van der Waals surface area contributed by atoms with Gasteiger partial charge in [-0.2, -0.15) is 36.0 Å². The minimum Gasteiger partial charge on any atom is -0.451 e. The minimum atomic E-state index is -3.66. The monoisotopic (exact) mass is 2110 g/mol.